The number of benzene rings is 2. The molecule has 0 radical (unpaired) electrons. The maximum Gasteiger partial charge on any atom is 0.240 e. The molecule has 0 aliphatic carbocycles. The lowest BCUT2D eigenvalue weighted by Gasteiger charge is -2.11. The number of aryl methyl sites for hydroxylation is 1. The summed E-state index contributed by atoms with van der Waals surface area (Å²) in [5, 5.41) is 0. The van der Waals surface area contributed by atoms with Crippen molar-refractivity contribution in [3.05, 3.63) is 54.1 Å². The number of hydrogen-bond acceptors (Lipinski definition) is 5. The molecule has 0 unspecified atom stereocenters. The molecular weight excluding hydrogens is 364 g/mol. The van der Waals surface area contributed by atoms with Gasteiger partial charge >= 0.3 is 0 Å². The van der Waals surface area contributed by atoms with Crippen LogP contribution in [0.25, 0.3) is 0 Å². The van der Waals surface area contributed by atoms with Crippen molar-refractivity contribution in [2.45, 2.75) is 28.0 Å². The van der Waals surface area contributed by atoms with Crippen molar-refractivity contribution in [3.63, 3.8) is 0 Å². The Morgan fingerprint density at radius 1 is 1.00 bits per heavy atom. The number of sulfonamides is 1. The molecule has 0 atom stereocenters. The molecule has 25 heavy (non-hydrogen) atoms. The highest BCUT2D eigenvalue weighted by molar-refractivity contribution is 7.91. The molecule has 0 heterocycles. The predicted molar refractivity (Wildman–Crippen MR) is 92.1 cm³/mol. The number of rotatable bonds is 7. The summed E-state index contributed by atoms with van der Waals surface area (Å²) in [5.74, 6) is -0.639. The van der Waals surface area contributed by atoms with E-state index in [1.165, 1.54) is 24.3 Å². The summed E-state index contributed by atoms with van der Waals surface area (Å²) in [4.78, 5) is 10.5. The zero-order valence-electron chi connectivity index (χ0n) is 13.5. The second-order valence-corrected chi connectivity index (χ2v) is 9.04. The number of carbonyl (C=O) groups excluding carboxylic acids is 1. The number of nitrogens with one attached hydrogen (secondary N) is 1. The molecule has 0 aliphatic rings. The average molecular weight is 382 g/mol. The van der Waals surface area contributed by atoms with Gasteiger partial charge < -0.3 is 5.73 Å². The van der Waals surface area contributed by atoms with Crippen LogP contribution in [0, 0.1) is 6.92 Å². The first-order valence-electron chi connectivity index (χ1n) is 7.33. The maximum absolute atomic E-state index is 12.7. The van der Waals surface area contributed by atoms with Gasteiger partial charge in [0.2, 0.25) is 25.8 Å². The normalized spacial score (nSPS) is 12.0. The van der Waals surface area contributed by atoms with Crippen LogP contribution in [0.15, 0.2) is 63.2 Å². The van der Waals surface area contributed by atoms with E-state index < -0.39 is 25.8 Å². The van der Waals surface area contributed by atoms with Gasteiger partial charge in [-0.25, -0.2) is 21.6 Å². The maximum atomic E-state index is 12.7. The smallest absolute Gasteiger partial charge is 0.240 e. The van der Waals surface area contributed by atoms with E-state index in [4.69, 9.17) is 5.73 Å². The molecule has 0 bridgehead atoms. The molecule has 2 aromatic rings. The number of amides is 1. The van der Waals surface area contributed by atoms with E-state index in [9.17, 15) is 21.6 Å². The number of hydrogen-bond donors (Lipinski definition) is 2. The van der Waals surface area contributed by atoms with Crippen LogP contribution in [-0.2, 0) is 24.7 Å². The van der Waals surface area contributed by atoms with Crippen molar-refractivity contribution in [1.29, 1.82) is 0 Å². The van der Waals surface area contributed by atoms with Crippen LogP contribution < -0.4 is 10.5 Å². The van der Waals surface area contributed by atoms with E-state index in [2.05, 4.69) is 4.72 Å². The minimum absolute atomic E-state index is 0.0730. The van der Waals surface area contributed by atoms with E-state index in [0.29, 0.717) is 5.56 Å². The lowest BCUT2D eigenvalue weighted by Crippen LogP contribution is -2.28. The second kappa shape index (κ2) is 7.34. The van der Waals surface area contributed by atoms with Gasteiger partial charge in [-0.15, -0.1) is 0 Å². The third-order valence-corrected chi connectivity index (χ3v) is 6.85. The molecule has 9 heteroatoms. The predicted octanol–water partition coefficient (Wildman–Crippen LogP) is 0.982. The first-order valence-corrected chi connectivity index (χ1v) is 10.3. The van der Waals surface area contributed by atoms with Crippen molar-refractivity contribution in [2.75, 3.05) is 6.54 Å². The van der Waals surface area contributed by atoms with Crippen LogP contribution in [0.4, 0.5) is 0 Å². The Morgan fingerprint density at radius 3 is 2.24 bits per heavy atom. The van der Waals surface area contributed by atoms with Crippen molar-refractivity contribution in [3.8, 4) is 0 Å². The molecule has 2 rings (SSSR count). The Balaban J connectivity index is 2.43. The molecule has 1 amide bonds. The van der Waals surface area contributed by atoms with Crippen LogP contribution in [0.2, 0.25) is 0 Å². The van der Waals surface area contributed by atoms with Crippen LogP contribution in [0.5, 0.6) is 0 Å². The zero-order chi connectivity index (χ0) is 18.7. The van der Waals surface area contributed by atoms with Gasteiger partial charge in [-0.3, -0.25) is 4.79 Å². The molecular formula is C16H18N2O5S2. The highest BCUT2D eigenvalue weighted by Crippen LogP contribution is 2.25. The summed E-state index contributed by atoms with van der Waals surface area (Å²) in [5.41, 5.74) is 5.37. The molecule has 2 aromatic carbocycles. The number of nitrogens with two attached hydrogens (primary N) is 1. The summed E-state index contributed by atoms with van der Waals surface area (Å²) in [6.07, 6.45) is -0.152. The second-order valence-electron chi connectivity index (χ2n) is 5.36. The minimum Gasteiger partial charge on any atom is -0.370 e. The van der Waals surface area contributed by atoms with Gasteiger partial charge in [0, 0.05) is 13.0 Å². The van der Waals surface area contributed by atoms with Crippen molar-refractivity contribution in [1.82, 2.24) is 4.72 Å². The average Bonchev–Trinajstić information content (AvgIpc) is 2.55. The molecule has 3 N–H and O–H groups in total. The van der Waals surface area contributed by atoms with Gasteiger partial charge in [0.15, 0.2) is 0 Å². The topological polar surface area (TPSA) is 123 Å². The van der Waals surface area contributed by atoms with E-state index in [1.807, 2.05) is 0 Å². The Hall–Kier alpha value is -2.23. The van der Waals surface area contributed by atoms with E-state index in [0.717, 1.165) is 6.07 Å². The molecule has 134 valence electrons. The van der Waals surface area contributed by atoms with Gasteiger partial charge in [-0.1, -0.05) is 24.3 Å². The van der Waals surface area contributed by atoms with Gasteiger partial charge in [0.1, 0.15) is 0 Å². The first-order chi connectivity index (χ1) is 11.6. The molecule has 7 nitrogen and oxygen atoms in total. The number of primary amides is 1. The third-order valence-electron chi connectivity index (χ3n) is 3.48. The molecule has 0 saturated heterocycles. The highest BCUT2D eigenvalue weighted by Gasteiger charge is 2.23. The van der Waals surface area contributed by atoms with Crippen LogP contribution in [0.1, 0.15) is 12.0 Å². The molecule has 0 saturated carbocycles. The fraction of sp³-hybridized carbons (Fsp3) is 0.188. The standard InChI is InChI=1S/C16H18N2O5S2/c1-12-7-8-14(24(20,21)13-5-3-2-4-6-13)11-15(12)25(22,23)18-10-9-16(17)19/h2-8,11,18H,9-10H2,1H3,(H2,17,19). The van der Waals surface area contributed by atoms with Crippen LogP contribution in [-0.4, -0.2) is 29.3 Å². The summed E-state index contributed by atoms with van der Waals surface area (Å²) >= 11 is 0. The summed E-state index contributed by atoms with van der Waals surface area (Å²) in [7, 11) is -7.81. The Bertz CT molecular complexity index is 984. The largest absolute Gasteiger partial charge is 0.370 e. The van der Waals surface area contributed by atoms with E-state index in [-0.39, 0.29) is 27.7 Å². The quantitative estimate of drug-likeness (QED) is 0.739. The first kappa shape index (κ1) is 19.1. The lowest BCUT2D eigenvalue weighted by atomic mass is 10.2. The monoisotopic (exact) mass is 382 g/mol. The Kier molecular flexibility index (Phi) is 5.61. The zero-order valence-corrected chi connectivity index (χ0v) is 15.1. The summed E-state index contributed by atoms with van der Waals surface area (Å²) in [6.45, 7) is 1.40. The Labute approximate surface area is 146 Å². The molecule has 0 spiro atoms. The minimum atomic E-state index is -3.97. The van der Waals surface area contributed by atoms with Crippen molar-refractivity contribution >= 4 is 25.8 Å². The molecule has 0 fully saturated rings. The lowest BCUT2D eigenvalue weighted by molar-refractivity contribution is -0.117. The van der Waals surface area contributed by atoms with Crippen LogP contribution in [0.3, 0.4) is 0 Å². The van der Waals surface area contributed by atoms with Gasteiger partial charge in [-0.2, -0.15) is 0 Å². The number of carbonyl (C=O) groups is 1. The summed E-state index contributed by atoms with van der Waals surface area (Å²) in [6, 6.07) is 11.6. The third kappa shape index (κ3) is 4.44. The van der Waals surface area contributed by atoms with E-state index >= 15 is 0 Å². The van der Waals surface area contributed by atoms with Gasteiger partial charge in [-0.05, 0) is 36.8 Å². The fourth-order valence-corrected chi connectivity index (χ4v) is 4.84. The molecule has 0 aromatic heterocycles. The molecule has 0 aliphatic heterocycles. The van der Waals surface area contributed by atoms with Crippen molar-refractivity contribution < 1.29 is 21.6 Å². The van der Waals surface area contributed by atoms with Gasteiger partial charge in [0.05, 0.1) is 14.7 Å². The SMILES string of the molecule is Cc1ccc(S(=O)(=O)c2ccccc2)cc1S(=O)(=O)NCCC(N)=O. The van der Waals surface area contributed by atoms with Crippen molar-refractivity contribution in [2.24, 2.45) is 5.73 Å². The van der Waals surface area contributed by atoms with Crippen LogP contribution >= 0.6 is 0 Å². The van der Waals surface area contributed by atoms with Gasteiger partial charge in [0.25, 0.3) is 0 Å². The van der Waals surface area contributed by atoms with E-state index in [1.54, 1.807) is 25.1 Å². The Morgan fingerprint density at radius 2 is 1.64 bits per heavy atom. The number of sulfone groups is 1. The fourth-order valence-electron chi connectivity index (χ4n) is 2.16. The highest BCUT2D eigenvalue weighted by atomic mass is 32.2. The summed E-state index contributed by atoms with van der Waals surface area (Å²) < 4.78 is 52.3.